The third kappa shape index (κ3) is 2.02. The second-order valence-corrected chi connectivity index (χ2v) is 12.3. The van der Waals surface area contributed by atoms with Crippen molar-refractivity contribution >= 4 is 23.6 Å². The molecule has 180 valence electrons. The number of nitrogens with zero attached hydrogens (tertiary/aromatic N) is 2. The topological polar surface area (TPSA) is 105 Å². The molecule has 4 saturated heterocycles. The Morgan fingerprint density at radius 2 is 1.97 bits per heavy atom. The average molecular weight is 465 g/mol. The molecule has 2 amide bonds. The maximum atomic E-state index is 14.0. The molecule has 1 aromatic carbocycles. The van der Waals surface area contributed by atoms with E-state index in [2.05, 4.69) is 5.32 Å². The third-order valence-electron chi connectivity index (χ3n) is 9.74. The highest BCUT2D eigenvalue weighted by Crippen LogP contribution is 2.67. The molecule has 2 spiro atoms. The van der Waals surface area contributed by atoms with Crippen LogP contribution in [-0.4, -0.2) is 51.1 Å². The number of aliphatic hydroxyl groups is 1. The molecule has 1 aliphatic carbocycles. The average Bonchev–Trinajstić information content (AvgIpc) is 3.27. The van der Waals surface area contributed by atoms with E-state index >= 15 is 0 Å². The number of ether oxygens (including phenoxy) is 1. The van der Waals surface area contributed by atoms with Gasteiger partial charge < -0.3 is 30.3 Å². The lowest BCUT2D eigenvalue weighted by atomic mass is 9.46. The molecule has 1 unspecified atom stereocenters. The number of anilines is 1. The fourth-order valence-electron chi connectivity index (χ4n) is 8.44. The lowest BCUT2D eigenvalue weighted by Crippen LogP contribution is -2.86. The van der Waals surface area contributed by atoms with Crippen LogP contribution in [0.5, 0.6) is 5.75 Å². The molecular weight excluding hydrogens is 434 g/mol. The quantitative estimate of drug-likeness (QED) is 0.611. The summed E-state index contributed by atoms with van der Waals surface area (Å²) in [6.45, 7) is 8.42. The van der Waals surface area contributed by atoms with Crippen LogP contribution >= 0.6 is 0 Å². The van der Waals surface area contributed by atoms with Gasteiger partial charge in [0.05, 0.1) is 6.04 Å². The van der Waals surface area contributed by atoms with Gasteiger partial charge in [0.1, 0.15) is 28.0 Å². The van der Waals surface area contributed by atoms with Crippen molar-refractivity contribution in [1.82, 2.24) is 10.2 Å². The fraction of sp³-hybridized carbons (Fsp3) is 0.615. The summed E-state index contributed by atoms with van der Waals surface area (Å²) < 4.78 is 6.10. The van der Waals surface area contributed by atoms with E-state index in [4.69, 9.17) is 4.74 Å². The molecule has 8 nitrogen and oxygen atoms in total. The fourth-order valence-corrected chi connectivity index (χ4v) is 8.44. The molecule has 2 N–H and O–H groups in total. The van der Waals surface area contributed by atoms with Crippen LogP contribution < -0.4 is 15.1 Å². The molecule has 1 saturated carbocycles. The van der Waals surface area contributed by atoms with Gasteiger partial charge >= 0.3 is 0 Å². The normalized spacial score (nSPS) is 41.8. The highest BCUT2D eigenvalue weighted by molar-refractivity contribution is 6.05. The van der Waals surface area contributed by atoms with E-state index in [1.165, 1.54) is 0 Å². The Kier molecular flexibility index (Phi) is 3.43. The van der Waals surface area contributed by atoms with Crippen molar-refractivity contribution in [3.05, 3.63) is 34.5 Å². The molecule has 8 heteroatoms. The van der Waals surface area contributed by atoms with Crippen molar-refractivity contribution in [2.45, 2.75) is 81.7 Å². The number of nitrogens with one attached hydrogen (secondary N) is 1. The number of hydrogen-bond donors (Lipinski definition) is 2. The predicted octanol–water partition coefficient (Wildman–Crippen LogP) is 2.42. The van der Waals surface area contributed by atoms with Gasteiger partial charge in [-0.3, -0.25) is 9.59 Å². The Bertz CT molecular complexity index is 1220. The summed E-state index contributed by atoms with van der Waals surface area (Å²) in [5.74, 6) is 0.138. The van der Waals surface area contributed by atoms with Gasteiger partial charge in [0.25, 0.3) is 0 Å². The molecule has 7 aliphatic rings. The zero-order valence-electron chi connectivity index (χ0n) is 20.0. The van der Waals surface area contributed by atoms with Gasteiger partial charge in [0, 0.05) is 35.7 Å². The van der Waals surface area contributed by atoms with Gasteiger partial charge in [-0.05, 0) is 56.7 Å². The number of carbonyl (C=O) groups is 2. The van der Waals surface area contributed by atoms with Gasteiger partial charge in [-0.1, -0.05) is 19.9 Å². The number of piperazine rings is 1. The van der Waals surface area contributed by atoms with Crippen LogP contribution in [0.15, 0.2) is 18.2 Å². The second kappa shape index (κ2) is 5.62. The first-order valence-electron chi connectivity index (χ1n) is 12.3. The SMILES string of the molecule is CC1(C)C=Cc2c(ccc3c2N([O-])C2C(C)(C)[C@H]4C[C@]56CCCN5C(=O)[C@@]4(C[C@]32O)NC6=O)O1. The number of amides is 2. The standard InChI is InChI=1S/C26H30N3O5/c1-22(2)10-8-14-16(34-22)7-6-15-18(14)29(33)19-23(3,4)17-12-24-9-5-11-28(24)21(31)25(17,27-20(24)30)13-26(15,19)32/h6-8,10,17,19,32H,5,9,11-13H2,1-4H3,(H,27,30)/q-1/t17-,19?,24+,25+,26+/m1/s1. The number of benzene rings is 1. The van der Waals surface area contributed by atoms with Crippen molar-refractivity contribution < 1.29 is 19.4 Å². The Hall–Kier alpha value is -2.58. The minimum Gasteiger partial charge on any atom is -0.758 e. The molecule has 0 aromatic heterocycles. The van der Waals surface area contributed by atoms with Crippen LogP contribution in [0.25, 0.3) is 6.08 Å². The maximum Gasteiger partial charge on any atom is 0.249 e. The molecule has 2 bridgehead atoms. The number of carbonyl (C=O) groups excluding carboxylic acids is 2. The van der Waals surface area contributed by atoms with Crippen LogP contribution in [0.2, 0.25) is 0 Å². The number of rotatable bonds is 0. The van der Waals surface area contributed by atoms with Gasteiger partial charge in [0.15, 0.2) is 0 Å². The summed E-state index contributed by atoms with van der Waals surface area (Å²) in [6, 6.07) is 2.79. The van der Waals surface area contributed by atoms with Gasteiger partial charge in [-0.25, -0.2) is 0 Å². The van der Waals surface area contributed by atoms with E-state index in [-0.39, 0.29) is 24.2 Å². The monoisotopic (exact) mass is 464 g/mol. The molecule has 5 fully saturated rings. The summed E-state index contributed by atoms with van der Waals surface area (Å²) >= 11 is 0. The third-order valence-corrected chi connectivity index (χ3v) is 9.74. The number of hydroxylamine groups is 1. The number of fused-ring (bicyclic) bond motifs is 6. The summed E-state index contributed by atoms with van der Waals surface area (Å²) in [5.41, 5.74) is -3.30. The van der Waals surface area contributed by atoms with Crippen molar-refractivity contribution in [3.63, 3.8) is 0 Å². The molecule has 1 aromatic rings. The smallest absolute Gasteiger partial charge is 0.249 e. The molecule has 0 radical (unpaired) electrons. The first-order valence-corrected chi connectivity index (χ1v) is 12.3. The summed E-state index contributed by atoms with van der Waals surface area (Å²) in [4.78, 5) is 29.1. The number of piperidine rings is 2. The predicted molar refractivity (Wildman–Crippen MR) is 125 cm³/mol. The summed E-state index contributed by atoms with van der Waals surface area (Å²) in [7, 11) is 0. The van der Waals surface area contributed by atoms with E-state index in [0.29, 0.717) is 42.0 Å². The molecule has 34 heavy (non-hydrogen) atoms. The number of hydrogen-bond acceptors (Lipinski definition) is 6. The van der Waals surface area contributed by atoms with E-state index < -0.39 is 33.7 Å². The van der Waals surface area contributed by atoms with Crippen molar-refractivity contribution in [2.24, 2.45) is 11.3 Å². The van der Waals surface area contributed by atoms with Gasteiger partial charge in [0.2, 0.25) is 11.8 Å². The van der Waals surface area contributed by atoms with E-state index in [1.54, 1.807) is 17.0 Å². The van der Waals surface area contributed by atoms with Crippen molar-refractivity contribution in [1.29, 1.82) is 0 Å². The van der Waals surface area contributed by atoms with E-state index in [1.807, 2.05) is 39.8 Å². The first-order chi connectivity index (χ1) is 15.9. The van der Waals surface area contributed by atoms with Crippen molar-refractivity contribution in [3.8, 4) is 5.75 Å². The minimum absolute atomic E-state index is 0.00346. The largest absolute Gasteiger partial charge is 0.758 e. The van der Waals surface area contributed by atoms with Crippen LogP contribution in [0, 0.1) is 16.5 Å². The van der Waals surface area contributed by atoms with Crippen LogP contribution in [0.4, 0.5) is 5.69 Å². The summed E-state index contributed by atoms with van der Waals surface area (Å²) in [6.07, 6.45) is 5.78. The van der Waals surface area contributed by atoms with E-state index in [9.17, 15) is 19.9 Å². The summed E-state index contributed by atoms with van der Waals surface area (Å²) in [5, 5.41) is 30.4. The highest BCUT2D eigenvalue weighted by Gasteiger charge is 2.77. The maximum absolute atomic E-state index is 14.0. The van der Waals surface area contributed by atoms with Gasteiger partial charge in [-0.15, -0.1) is 0 Å². The van der Waals surface area contributed by atoms with E-state index in [0.717, 1.165) is 11.5 Å². The molecule has 5 atom stereocenters. The Labute approximate surface area is 198 Å². The second-order valence-electron chi connectivity index (χ2n) is 12.3. The Balaban J connectivity index is 1.43. The highest BCUT2D eigenvalue weighted by atomic mass is 16.5. The van der Waals surface area contributed by atoms with Crippen LogP contribution in [-0.2, 0) is 15.2 Å². The lowest BCUT2D eigenvalue weighted by molar-refractivity contribution is -0.206. The minimum atomic E-state index is -1.59. The first kappa shape index (κ1) is 20.8. The Morgan fingerprint density at radius 1 is 1.21 bits per heavy atom. The van der Waals surface area contributed by atoms with Gasteiger partial charge in [-0.2, -0.15) is 0 Å². The van der Waals surface area contributed by atoms with Crippen LogP contribution in [0.1, 0.15) is 64.5 Å². The molecule has 8 rings (SSSR count). The zero-order valence-corrected chi connectivity index (χ0v) is 20.0. The molecule has 6 heterocycles. The lowest BCUT2D eigenvalue weighted by Gasteiger charge is -2.69. The molecular formula is C26H30N3O5-. The zero-order chi connectivity index (χ0) is 24.1. The van der Waals surface area contributed by atoms with Crippen molar-refractivity contribution in [2.75, 3.05) is 11.6 Å². The molecule has 6 aliphatic heterocycles. The Morgan fingerprint density at radius 3 is 2.74 bits per heavy atom. The van der Waals surface area contributed by atoms with Crippen LogP contribution in [0.3, 0.4) is 0 Å².